The molecule has 0 aliphatic carbocycles. The summed E-state index contributed by atoms with van der Waals surface area (Å²) in [6.07, 6.45) is 0. The van der Waals surface area contributed by atoms with E-state index in [2.05, 4.69) is 9.82 Å². The zero-order valence-electron chi connectivity index (χ0n) is 13.6. The van der Waals surface area contributed by atoms with E-state index in [4.69, 9.17) is 0 Å². The van der Waals surface area contributed by atoms with Crippen molar-refractivity contribution in [2.24, 2.45) is 0 Å². The third kappa shape index (κ3) is 3.25. The molecule has 6 heteroatoms. The Labute approximate surface area is 142 Å². The molecule has 0 bridgehead atoms. The Hall–Kier alpha value is -2.44. The van der Waals surface area contributed by atoms with E-state index >= 15 is 0 Å². The summed E-state index contributed by atoms with van der Waals surface area (Å²) in [6.45, 7) is 3.73. The van der Waals surface area contributed by atoms with Gasteiger partial charge in [0.15, 0.2) is 0 Å². The maximum atomic E-state index is 12.7. The Morgan fingerprint density at radius 1 is 0.958 bits per heavy atom. The monoisotopic (exact) mass is 341 g/mol. The minimum Gasteiger partial charge on any atom is -0.236 e. The van der Waals surface area contributed by atoms with E-state index in [0.717, 1.165) is 11.3 Å². The average Bonchev–Trinajstić information content (AvgIpc) is 2.90. The van der Waals surface area contributed by atoms with Gasteiger partial charge in [0, 0.05) is 6.54 Å². The lowest BCUT2D eigenvalue weighted by molar-refractivity contribution is 0.580. The van der Waals surface area contributed by atoms with Crippen LogP contribution in [0.15, 0.2) is 65.6 Å². The Bertz CT molecular complexity index is 933. The van der Waals surface area contributed by atoms with E-state index in [1.165, 1.54) is 0 Å². The van der Waals surface area contributed by atoms with Gasteiger partial charge < -0.3 is 0 Å². The van der Waals surface area contributed by atoms with Gasteiger partial charge in [-0.25, -0.2) is 17.8 Å². The molecule has 0 saturated carbocycles. The van der Waals surface area contributed by atoms with Crippen LogP contribution in [-0.4, -0.2) is 18.2 Å². The highest BCUT2D eigenvalue weighted by molar-refractivity contribution is 7.89. The highest BCUT2D eigenvalue weighted by Crippen LogP contribution is 2.22. The van der Waals surface area contributed by atoms with Crippen LogP contribution in [-0.2, 0) is 16.6 Å². The van der Waals surface area contributed by atoms with Crippen LogP contribution in [0.4, 0.5) is 0 Å². The van der Waals surface area contributed by atoms with Crippen LogP contribution in [0.3, 0.4) is 0 Å². The minimum absolute atomic E-state index is 0.238. The quantitative estimate of drug-likeness (QED) is 0.776. The molecular weight excluding hydrogens is 322 g/mol. The number of benzene rings is 2. The smallest absolute Gasteiger partial charge is 0.236 e. The van der Waals surface area contributed by atoms with Gasteiger partial charge in [-0.05, 0) is 31.5 Å². The standard InChI is InChI=1S/C18H19N3O2S/c1-14-18(15(2)21(20-14)17-11-7-4-8-12-17)24(22,23)19-13-16-9-5-3-6-10-16/h3-12,19H,13H2,1-2H3. The van der Waals surface area contributed by atoms with Crippen LogP contribution in [0.25, 0.3) is 5.69 Å². The second kappa shape index (κ2) is 6.59. The normalized spacial score (nSPS) is 11.6. The molecule has 3 rings (SSSR count). The highest BCUT2D eigenvalue weighted by atomic mass is 32.2. The summed E-state index contributed by atoms with van der Waals surface area (Å²) >= 11 is 0. The van der Waals surface area contributed by atoms with Crippen LogP contribution in [0.5, 0.6) is 0 Å². The van der Waals surface area contributed by atoms with E-state index in [1.807, 2.05) is 60.7 Å². The van der Waals surface area contributed by atoms with Crippen LogP contribution in [0, 0.1) is 13.8 Å². The van der Waals surface area contributed by atoms with Gasteiger partial charge in [0.2, 0.25) is 10.0 Å². The molecule has 0 aliphatic heterocycles. The third-order valence-electron chi connectivity index (χ3n) is 3.80. The zero-order chi connectivity index (χ0) is 17.2. The Kier molecular flexibility index (Phi) is 4.51. The second-order valence-electron chi connectivity index (χ2n) is 5.56. The molecule has 5 nitrogen and oxygen atoms in total. The summed E-state index contributed by atoms with van der Waals surface area (Å²) in [7, 11) is -3.64. The Balaban J connectivity index is 1.92. The summed E-state index contributed by atoms with van der Waals surface area (Å²) < 4.78 is 29.8. The SMILES string of the molecule is Cc1nn(-c2ccccc2)c(C)c1S(=O)(=O)NCc1ccccc1. The predicted octanol–water partition coefficient (Wildman–Crippen LogP) is 2.97. The summed E-state index contributed by atoms with van der Waals surface area (Å²) in [5.74, 6) is 0. The van der Waals surface area contributed by atoms with E-state index in [9.17, 15) is 8.42 Å². The number of hydrogen-bond donors (Lipinski definition) is 1. The van der Waals surface area contributed by atoms with Crippen LogP contribution >= 0.6 is 0 Å². The van der Waals surface area contributed by atoms with E-state index in [0.29, 0.717) is 11.4 Å². The summed E-state index contributed by atoms with van der Waals surface area (Å²) in [6, 6.07) is 18.9. The molecule has 124 valence electrons. The maximum Gasteiger partial charge on any atom is 0.244 e. The zero-order valence-corrected chi connectivity index (χ0v) is 14.4. The largest absolute Gasteiger partial charge is 0.244 e. The summed E-state index contributed by atoms with van der Waals surface area (Å²) in [4.78, 5) is 0.238. The number of nitrogens with zero attached hydrogens (tertiary/aromatic N) is 2. The van der Waals surface area contributed by atoms with Crippen molar-refractivity contribution >= 4 is 10.0 Å². The Morgan fingerprint density at radius 2 is 1.54 bits per heavy atom. The highest BCUT2D eigenvalue weighted by Gasteiger charge is 2.24. The molecule has 0 aliphatic rings. The molecule has 0 radical (unpaired) electrons. The first kappa shape index (κ1) is 16.4. The average molecular weight is 341 g/mol. The minimum atomic E-state index is -3.64. The molecule has 24 heavy (non-hydrogen) atoms. The molecule has 1 heterocycles. The second-order valence-corrected chi connectivity index (χ2v) is 7.26. The van der Waals surface area contributed by atoms with E-state index < -0.39 is 10.0 Å². The number of sulfonamides is 1. The van der Waals surface area contributed by atoms with Gasteiger partial charge in [0.05, 0.1) is 17.1 Å². The predicted molar refractivity (Wildman–Crippen MR) is 93.5 cm³/mol. The van der Waals surface area contributed by atoms with Crippen LogP contribution in [0.1, 0.15) is 17.0 Å². The lowest BCUT2D eigenvalue weighted by atomic mass is 10.2. The summed E-state index contributed by atoms with van der Waals surface area (Å²) in [5, 5.41) is 4.40. The molecular formula is C18H19N3O2S. The first-order valence-electron chi connectivity index (χ1n) is 7.64. The topological polar surface area (TPSA) is 64.0 Å². The molecule has 0 unspecified atom stereocenters. The molecule has 3 aromatic rings. The van der Waals surface area contributed by atoms with Crippen molar-refractivity contribution in [1.29, 1.82) is 0 Å². The first-order valence-corrected chi connectivity index (χ1v) is 9.12. The number of aromatic nitrogens is 2. The molecule has 1 N–H and O–H groups in total. The fraction of sp³-hybridized carbons (Fsp3) is 0.167. The molecule has 0 atom stereocenters. The lowest BCUT2D eigenvalue weighted by Crippen LogP contribution is -2.24. The first-order chi connectivity index (χ1) is 11.5. The van der Waals surface area contributed by atoms with Gasteiger partial charge in [-0.15, -0.1) is 0 Å². The maximum absolute atomic E-state index is 12.7. The van der Waals surface area contributed by atoms with Gasteiger partial charge in [0.1, 0.15) is 4.90 Å². The molecule has 0 fully saturated rings. The number of nitrogens with one attached hydrogen (secondary N) is 1. The van der Waals surface area contributed by atoms with Crippen molar-refractivity contribution in [1.82, 2.24) is 14.5 Å². The van der Waals surface area contributed by atoms with Gasteiger partial charge >= 0.3 is 0 Å². The van der Waals surface area contributed by atoms with Crippen molar-refractivity contribution < 1.29 is 8.42 Å². The molecule has 0 spiro atoms. The Morgan fingerprint density at radius 3 is 2.17 bits per heavy atom. The van der Waals surface area contributed by atoms with Crippen molar-refractivity contribution in [2.75, 3.05) is 0 Å². The summed E-state index contributed by atoms with van der Waals surface area (Å²) in [5.41, 5.74) is 2.82. The molecule has 2 aromatic carbocycles. The van der Waals surface area contributed by atoms with Gasteiger partial charge in [-0.3, -0.25) is 0 Å². The number of hydrogen-bond acceptors (Lipinski definition) is 3. The van der Waals surface area contributed by atoms with Gasteiger partial charge in [-0.1, -0.05) is 48.5 Å². The fourth-order valence-corrected chi connectivity index (χ4v) is 4.09. The van der Waals surface area contributed by atoms with Crippen molar-refractivity contribution in [2.45, 2.75) is 25.3 Å². The van der Waals surface area contributed by atoms with Crippen LogP contribution < -0.4 is 4.72 Å². The van der Waals surface area contributed by atoms with Crippen molar-refractivity contribution in [3.8, 4) is 5.69 Å². The van der Waals surface area contributed by atoms with Crippen molar-refractivity contribution in [3.63, 3.8) is 0 Å². The molecule has 0 saturated heterocycles. The molecule has 0 amide bonds. The number of aryl methyl sites for hydroxylation is 1. The van der Waals surface area contributed by atoms with Crippen LogP contribution in [0.2, 0.25) is 0 Å². The van der Waals surface area contributed by atoms with E-state index in [-0.39, 0.29) is 11.4 Å². The lowest BCUT2D eigenvalue weighted by Gasteiger charge is -2.08. The van der Waals surface area contributed by atoms with Crippen molar-refractivity contribution in [3.05, 3.63) is 77.6 Å². The fourth-order valence-electron chi connectivity index (χ4n) is 2.68. The number of para-hydroxylation sites is 1. The van der Waals surface area contributed by atoms with E-state index in [1.54, 1.807) is 18.5 Å². The van der Waals surface area contributed by atoms with Gasteiger partial charge in [0.25, 0.3) is 0 Å². The molecule has 1 aromatic heterocycles. The number of rotatable bonds is 5. The third-order valence-corrected chi connectivity index (χ3v) is 5.46. The van der Waals surface area contributed by atoms with Gasteiger partial charge in [-0.2, -0.15) is 5.10 Å².